The molecule has 0 bridgehead atoms. The summed E-state index contributed by atoms with van der Waals surface area (Å²) in [5.74, 6) is 1.29. The highest BCUT2D eigenvalue weighted by Gasteiger charge is 2.19. The summed E-state index contributed by atoms with van der Waals surface area (Å²) in [5.41, 5.74) is 3.99. The molecule has 0 heterocycles. The van der Waals surface area contributed by atoms with Crippen molar-refractivity contribution in [2.75, 3.05) is 28.4 Å². The summed E-state index contributed by atoms with van der Waals surface area (Å²) in [7, 11) is 6.38. The number of carbonyl (C=O) groups excluding carboxylic acids is 1. The van der Waals surface area contributed by atoms with Crippen LogP contribution in [-0.4, -0.2) is 39.2 Å². The van der Waals surface area contributed by atoms with Crippen molar-refractivity contribution in [1.29, 1.82) is 0 Å². The fraction of sp³-hybridized carbons (Fsp3) is 0.350. The Morgan fingerprint density at radius 2 is 1.56 bits per heavy atom. The van der Waals surface area contributed by atoms with E-state index in [4.69, 9.17) is 14.2 Å². The lowest BCUT2D eigenvalue weighted by Crippen LogP contribution is -2.26. The number of hydrogen-bond donors (Lipinski definition) is 0. The molecule has 5 nitrogen and oxygen atoms in total. The molecule has 134 valence electrons. The molecule has 2 aromatic rings. The van der Waals surface area contributed by atoms with Crippen LogP contribution < -0.4 is 14.2 Å². The first-order valence-corrected chi connectivity index (χ1v) is 8.02. The van der Waals surface area contributed by atoms with E-state index in [1.807, 2.05) is 0 Å². The molecule has 2 aromatic carbocycles. The molecule has 0 N–H and O–H groups in total. The maximum atomic E-state index is 12.8. The quantitative estimate of drug-likeness (QED) is 0.804. The highest BCUT2D eigenvalue weighted by Crippen LogP contribution is 2.38. The van der Waals surface area contributed by atoms with Gasteiger partial charge in [-0.05, 0) is 37.1 Å². The second kappa shape index (κ2) is 7.92. The summed E-state index contributed by atoms with van der Waals surface area (Å²) in [4.78, 5) is 14.5. The van der Waals surface area contributed by atoms with E-state index in [0.29, 0.717) is 29.4 Å². The molecule has 5 heteroatoms. The van der Waals surface area contributed by atoms with Gasteiger partial charge in [-0.25, -0.2) is 0 Å². The molecule has 0 radical (unpaired) electrons. The summed E-state index contributed by atoms with van der Waals surface area (Å²) in [6.45, 7) is 4.64. The van der Waals surface area contributed by atoms with Crippen LogP contribution >= 0.6 is 0 Å². The van der Waals surface area contributed by atoms with Gasteiger partial charge in [-0.3, -0.25) is 4.79 Å². The van der Waals surface area contributed by atoms with Crippen molar-refractivity contribution in [3.05, 3.63) is 52.6 Å². The molecular weight excluding hydrogens is 318 g/mol. The van der Waals surface area contributed by atoms with Gasteiger partial charge in [0.15, 0.2) is 11.5 Å². The van der Waals surface area contributed by atoms with E-state index >= 15 is 0 Å². The van der Waals surface area contributed by atoms with Gasteiger partial charge in [0, 0.05) is 19.2 Å². The minimum Gasteiger partial charge on any atom is -0.493 e. The molecule has 25 heavy (non-hydrogen) atoms. The van der Waals surface area contributed by atoms with E-state index < -0.39 is 0 Å². The number of ether oxygens (including phenoxy) is 3. The third kappa shape index (κ3) is 4.05. The molecule has 0 fully saturated rings. The Balaban J connectivity index is 2.29. The molecule has 0 aliphatic heterocycles. The number of hydrogen-bond acceptors (Lipinski definition) is 4. The highest BCUT2D eigenvalue weighted by atomic mass is 16.5. The average Bonchev–Trinajstić information content (AvgIpc) is 2.61. The molecule has 0 aromatic heterocycles. The first-order valence-electron chi connectivity index (χ1n) is 8.02. The average molecular weight is 343 g/mol. The summed E-state index contributed by atoms with van der Waals surface area (Å²) >= 11 is 0. The van der Waals surface area contributed by atoms with Crippen LogP contribution in [0.4, 0.5) is 0 Å². The van der Waals surface area contributed by atoms with Crippen LogP contribution in [0.15, 0.2) is 30.3 Å². The van der Waals surface area contributed by atoms with Crippen LogP contribution in [0.5, 0.6) is 17.2 Å². The zero-order valence-electron chi connectivity index (χ0n) is 15.7. The van der Waals surface area contributed by atoms with E-state index in [1.54, 1.807) is 24.1 Å². The monoisotopic (exact) mass is 343 g/mol. The van der Waals surface area contributed by atoms with Crippen LogP contribution in [0.2, 0.25) is 0 Å². The van der Waals surface area contributed by atoms with E-state index in [2.05, 4.69) is 32.0 Å². The van der Waals surface area contributed by atoms with Gasteiger partial charge in [0.05, 0.1) is 21.3 Å². The zero-order valence-corrected chi connectivity index (χ0v) is 15.7. The molecule has 0 aliphatic carbocycles. The number of methoxy groups -OCH3 is 3. The van der Waals surface area contributed by atoms with Gasteiger partial charge in [-0.2, -0.15) is 0 Å². The number of carbonyl (C=O) groups is 1. The van der Waals surface area contributed by atoms with Gasteiger partial charge in [0.2, 0.25) is 5.75 Å². The Bertz CT molecular complexity index is 745. The first-order chi connectivity index (χ1) is 11.9. The normalized spacial score (nSPS) is 10.3. The van der Waals surface area contributed by atoms with Gasteiger partial charge < -0.3 is 19.1 Å². The molecule has 0 saturated carbocycles. The third-order valence-electron chi connectivity index (χ3n) is 4.16. The zero-order chi connectivity index (χ0) is 18.6. The van der Waals surface area contributed by atoms with Crippen molar-refractivity contribution < 1.29 is 19.0 Å². The van der Waals surface area contributed by atoms with Crippen molar-refractivity contribution >= 4 is 5.91 Å². The summed E-state index contributed by atoms with van der Waals surface area (Å²) in [6.07, 6.45) is 0. The summed E-state index contributed by atoms with van der Waals surface area (Å²) < 4.78 is 15.9. The first kappa shape index (κ1) is 18.6. The SMILES string of the molecule is COc1cc(C(=O)N(C)Cc2ccc(C)cc2C)cc(OC)c1OC. The van der Waals surface area contributed by atoms with Crippen LogP contribution in [0.1, 0.15) is 27.0 Å². The van der Waals surface area contributed by atoms with Gasteiger partial charge >= 0.3 is 0 Å². The lowest BCUT2D eigenvalue weighted by Gasteiger charge is -2.20. The fourth-order valence-corrected chi connectivity index (χ4v) is 2.78. The Kier molecular flexibility index (Phi) is 5.91. The standard InChI is InChI=1S/C20H25NO4/c1-13-7-8-15(14(2)9-13)12-21(3)20(22)16-10-17(23-4)19(25-6)18(11-16)24-5/h7-11H,12H2,1-6H3. The Labute approximate surface area is 149 Å². The minimum atomic E-state index is -0.112. The lowest BCUT2D eigenvalue weighted by atomic mass is 10.0. The largest absolute Gasteiger partial charge is 0.493 e. The van der Waals surface area contributed by atoms with Gasteiger partial charge in [0.25, 0.3) is 5.91 Å². The topological polar surface area (TPSA) is 48.0 Å². The van der Waals surface area contributed by atoms with E-state index in [0.717, 1.165) is 5.56 Å². The second-order valence-electron chi connectivity index (χ2n) is 6.01. The van der Waals surface area contributed by atoms with Crippen LogP contribution in [-0.2, 0) is 6.54 Å². The maximum Gasteiger partial charge on any atom is 0.254 e. The maximum absolute atomic E-state index is 12.8. The van der Waals surface area contributed by atoms with Gasteiger partial charge in [0.1, 0.15) is 0 Å². The smallest absolute Gasteiger partial charge is 0.254 e. The predicted molar refractivity (Wildman–Crippen MR) is 97.8 cm³/mol. The summed E-state index contributed by atoms with van der Waals surface area (Å²) in [5, 5.41) is 0. The molecular formula is C20H25NO4. The van der Waals surface area contributed by atoms with Crippen molar-refractivity contribution in [3.63, 3.8) is 0 Å². The van der Waals surface area contributed by atoms with Crippen molar-refractivity contribution in [2.24, 2.45) is 0 Å². The van der Waals surface area contributed by atoms with Crippen LogP contribution in [0.3, 0.4) is 0 Å². The van der Waals surface area contributed by atoms with Crippen molar-refractivity contribution in [1.82, 2.24) is 4.90 Å². The van der Waals surface area contributed by atoms with E-state index in [1.165, 1.54) is 32.5 Å². The molecule has 0 spiro atoms. The number of nitrogens with zero attached hydrogens (tertiary/aromatic N) is 1. The van der Waals surface area contributed by atoms with Gasteiger partial charge in [-0.15, -0.1) is 0 Å². The fourth-order valence-electron chi connectivity index (χ4n) is 2.78. The molecule has 0 atom stereocenters. The highest BCUT2D eigenvalue weighted by molar-refractivity contribution is 5.95. The van der Waals surface area contributed by atoms with E-state index in [9.17, 15) is 4.79 Å². The third-order valence-corrected chi connectivity index (χ3v) is 4.16. The number of rotatable bonds is 6. The van der Waals surface area contributed by atoms with Crippen molar-refractivity contribution in [3.8, 4) is 17.2 Å². The van der Waals surface area contributed by atoms with Crippen LogP contribution in [0, 0.1) is 13.8 Å². The lowest BCUT2D eigenvalue weighted by molar-refractivity contribution is 0.0784. The van der Waals surface area contributed by atoms with E-state index in [-0.39, 0.29) is 5.91 Å². The predicted octanol–water partition coefficient (Wildman–Crippen LogP) is 3.60. The Hall–Kier alpha value is -2.69. The number of amides is 1. The second-order valence-corrected chi connectivity index (χ2v) is 6.01. The van der Waals surface area contributed by atoms with Gasteiger partial charge in [-0.1, -0.05) is 23.8 Å². The molecule has 0 saturated heterocycles. The van der Waals surface area contributed by atoms with Crippen molar-refractivity contribution in [2.45, 2.75) is 20.4 Å². The molecule has 1 amide bonds. The molecule has 2 rings (SSSR count). The van der Waals surface area contributed by atoms with Crippen LogP contribution in [0.25, 0.3) is 0 Å². The number of aryl methyl sites for hydroxylation is 2. The Morgan fingerprint density at radius 1 is 0.960 bits per heavy atom. The molecule has 0 aliphatic rings. The minimum absolute atomic E-state index is 0.112. The number of benzene rings is 2. The molecule has 0 unspecified atom stereocenters. The summed E-state index contributed by atoms with van der Waals surface area (Å²) in [6, 6.07) is 9.57. The Morgan fingerprint density at radius 3 is 2.04 bits per heavy atom.